The van der Waals surface area contributed by atoms with Crippen LogP contribution in [0.25, 0.3) is 0 Å². The van der Waals surface area contributed by atoms with Crippen molar-refractivity contribution in [3.63, 3.8) is 0 Å². The first-order valence-electron chi connectivity index (χ1n) is 5.98. The molecular weight excluding hydrogens is 309 g/mol. The lowest BCUT2D eigenvalue weighted by Crippen LogP contribution is -2.44. The summed E-state index contributed by atoms with van der Waals surface area (Å²) in [5, 5.41) is 10.4. The topological polar surface area (TPSA) is 40.5 Å². The standard InChI is InChI=1S/C13H15Cl2NO2.ClH/c14-10-5-4-9(11(15)7-10)8-16-6-2-1-3-12(16)13(17)18;/h4-5,7,12H,1-3,6,8H2,(H,17,18);1H. The molecule has 6 heteroatoms. The number of rotatable bonds is 3. The van der Waals surface area contributed by atoms with Crippen molar-refractivity contribution in [2.75, 3.05) is 6.54 Å². The van der Waals surface area contributed by atoms with Crippen molar-refractivity contribution in [2.45, 2.75) is 31.8 Å². The van der Waals surface area contributed by atoms with E-state index in [0.29, 0.717) is 23.0 Å². The van der Waals surface area contributed by atoms with Gasteiger partial charge >= 0.3 is 5.97 Å². The minimum absolute atomic E-state index is 0. The Balaban J connectivity index is 0.00000180. The van der Waals surface area contributed by atoms with E-state index in [1.54, 1.807) is 12.1 Å². The van der Waals surface area contributed by atoms with Crippen LogP contribution < -0.4 is 0 Å². The number of likely N-dealkylation sites (tertiary alicyclic amines) is 1. The largest absolute Gasteiger partial charge is 0.480 e. The molecule has 1 atom stereocenters. The van der Waals surface area contributed by atoms with Crippen LogP contribution in [0.2, 0.25) is 10.0 Å². The minimum Gasteiger partial charge on any atom is -0.480 e. The number of benzene rings is 1. The first-order valence-corrected chi connectivity index (χ1v) is 6.74. The second-order valence-electron chi connectivity index (χ2n) is 4.56. The molecule has 1 aromatic rings. The van der Waals surface area contributed by atoms with E-state index < -0.39 is 12.0 Å². The zero-order chi connectivity index (χ0) is 13.1. The van der Waals surface area contributed by atoms with Crippen LogP contribution in [-0.4, -0.2) is 28.6 Å². The fourth-order valence-corrected chi connectivity index (χ4v) is 2.80. The first-order chi connectivity index (χ1) is 8.58. The van der Waals surface area contributed by atoms with Crippen molar-refractivity contribution in [3.8, 4) is 0 Å². The van der Waals surface area contributed by atoms with Crippen molar-refractivity contribution < 1.29 is 9.90 Å². The summed E-state index contributed by atoms with van der Waals surface area (Å²) in [6.07, 6.45) is 2.72. The normalized spacial score (nSPS) is 19.8. The van der Waals surface area contributed by atoms with Gasteiger partial charge in [0, 0.05) is 16.6 Å². The van der Waals surface area contributed by atoms with Gasteiger partial charge in [-0.2, -0.15) is 0 Å². The summed E-state index contributed by atoms with van der Waals surface area (Å²) in [7, 11) is 0. The summed E-state index contributed by atoms with van der Waals surface area (Å²) in [6, 6.07) is 4.93. The van der Waals surface area contributed by atoms with Gasteiger partial charge in [0.25, 0.3) is 0 Å². The maximum absolute atomic E-state index is 11.2. The molecule has 1 saturated heterocycles. The highest BCUT2D eigenvalue weighted by atomic mass is 35.5. The number of carboxylic acid groups (broad SMARTS) is 1. The number of hydrogen-bond donors (Lipinski definition) is 1. The van der Waals surface area contributed by atoms with Crippen molar-refractivity contribution in [2.24, 2.45) is 0 Å². The average molecular weight is 325 g/mol. The number of carboxylic acids is 1. The third kappa shape index (κ3) is 4.25. The minimum atomic E-state index is -0.750. The van der Waals surface area contributed by atoms with Crippen LogP contribution in [0.3, 0.4) is 0 Å². The third-order valence-corrected chi connectivity index (χ3v) is 3.87. The Bertz CT molecular complexity index is 454. The maximum atomic E-state index is 11.2. The van der Waals surface area contributed by atoms with Gasteiger partial charge in [-0.25, -0.2) is 0 Å². The number of piperidine rings is 1. The molecule has 0 aliphatic carbocycles. The van der Waals surface area contributed by atoms with Gasteiger partial charge in [-0.15, -0.1) is 12.4 Å². The second-order valence-corrected chi connectivity index (χ2v) is 5.40. The predicted octanol–water partition coefficient (Wildman–Crippen LogP) is 3.85. The molecule has 19 heavy (non-hydrogen) atoms. The van der Waals surface area contributed by atoms with E-state index in [-0.39, 0.29) is 12.4 Å². The van der Waals surface area contributed by atoms with Crippen LogP contribution in [0.4, 0.5) is 0 Å². The van der Waals surface area contributed by atoms with E-state index in [1.165, 1.54) is 0 Å². The van der Waals surface area contributed by atoms with Gasteiger partial charge < -0.3 is 5.11 Å². The summed E-state index contributed by atoms with van der Waals surface area (Å²) < 4.78 is 0. The van der Waals surface area contributed by atoms with E-state index in [9.17, 15) is 9.90 Å². The van der Waals surface area contributed by atoms with Crippen LogP contribution in [0.15, 0.2) is 18.2 Å². The van der Waals surface area contributed by atoms with E-state index in [1.807, 2.05) is 11.0 Å². The quantitative estimate of drug-likeness (QED) is 0.918. The third-order valence-electron chi connectivity index (χ3n) is 3.29. The van der Waals surface area contributed by atoms with Gasteiger partial charge in [0.15, 0.2) is 0 Å². The molecule has 2 rings (SSSR count). The maximum Gasteiger partial charge on any atom is 0.320 e. The van der Waals surface area contributed by atoms with Crippen LogP contribution in [0.1, 0.15) is 24.8 Å². The van der Waals surface area contributed by atoms with Gasteiger partial charge in [-0.3, -0.25) is 9.69 Å². The molecule has 1 heterocycles. The lowest BCUT2D eigenvalue weighted by Gasteiger charge is -2.33. The smallest absolute Gasteiger partial charge is 0.320 e. The van der Waals surface area contributed by atoms with E-state index in [0.717, 1.165) is 24.9 Å². The SMILES string of the molecule is Cl.O=C(O)C1CCCCN1Cc1ccc(Cl)cc1Cl. The molecule has 1 aromatic carbocycles. The summed E-state index contributed by atoms with van der Waals surface area (Å²) in [6.45, 7) is 1.36. The molecule has 0 bridgehead atoms. The first kappa shape index (κ1) is 16.6. The molecule has 0 aromatic heterocycles. The van der Waals surface area contributed by atoms with Crippen molar-refractivity contribution in [3.05, 3.63) is 33.8 Å². The number of nitrogens with zero attached hydrogens (tertiary/aromatic N) is 1. The van der Waals surface area contributed by atoms with E-state index >= 15 is 0 Å². The van der Waals surface area contributed by atoms with Crippen molar-refractivity contribution in [1.29, 1.82) is 0 Å². The molecule has 0 amide bonds. The lowest BCUT2D eigenvalue weighted by atomic mass is 10.0. The molecule has 3 nitrogen and oxygen atoms in total. The van der Waals surface area contributed by atoms with E-state index in [4.69, 9.17) is 23.2 Å². The van der Waals surface area contributed by atoms with Gasteiger partial charge in [0.2, 0.25) is 0 Å². The van der Waals surface area contributed by atoms with Crippen LogP contribution >= 0.6 is 35.6 Å². The molecule has 1 aliphatic heterocycles. The average Bonchev–Trinajstić information content (AvgIpc) is 2.33. The molecule has 106 valence electrons. The molecule has 0 radical (unpaired) electrons. The van der Waals surface area contributed by atoms with Gasteiger partial charge in [0.1, 0.15) is 6.04 Å². The molecule has 0 saturated carbocycles. The zero-order valence-corrected chi connectivity index (χ0v) is 12.6. The Labute approximate surface area is 128 Å². The van der Waals surface area contributed by atoms with Crippen LogP contribution in [0.5, 0.6) is 0 Å². The fraction of sp³-hybridized carbons (Fsp3) is 0.462. The number of carbonyl (C=O) groups is 1. The van der Waals surface area contributed by atoms with Crippen molar-refractivity contribution in [1.82, 2.24) is 4.90 Å². The summed E-state index contributed by atoms with van der Waals surface area (Å²) >= 11 is 12.0. The number of aliphatic carboxylic acids is 1. The molecule has 1 fully saturated rings. The zero-order valence-electron chi connectivity index (χ0n) is 10.3. The van der Waals surface area contributed by atoms with Gasteiger partial charge in [-0.05, 0) is 37.1 Å². The summed E-state index contributed by atoms with van der Waals surface area (Å²) in [5.41, 5.74) is 0.925. The Morgan fingerprint density at radius 3 is 2.74 bits per heavy atom. The second kappa shape index (κ2) is 7.34. The summed E-state index contributed by atoms with van der Waals surface area (Å²) in [5.74, 6) is -0.750. The summed E-state index contributed by atoms with van der Waals surface area (Å²) in [4.78, 5) is 13.2. The lowest BCUT2D eigenvalue weighted by molar-refractivity contribution is -0.144. The van der Waals surface area contributed by atoms with Gasteiger partial charge in [0.05, 0.1) is 0 Å². The van der Waals surface area contributed by atoms with Gasteiger partial charge in [-0.1, -0.05) is 35.7 Å². The Morgan fingerprint density at radius 2 is 2.11 bits per heavy atom. The monoisotopic (exact) mass is 323 g/mol. The van der Waals surface area contributed by atoms with Crippen molar-refractivity contribution >= 4 is 41.6 Å². The predicted molar refractivity (Wildman–Crippen MR) is 79.4 cm³/mol. The Hall–Kier alpha value is -0.480. The molecule has 1 aliphatic rings. The Kier molecular flexibility index (Phi) is 6.40. The molecule has 1 unspecified atom stereocenters. The van der Waals surface area contributed by atoms with Crippen LogP contribution in [-0.2, 0) is 11.3 Å². The molecule has 0 spiro atoms. The molecule has 1 N–H and O–H groups in total. The number of hydrogen-bond acceptors (Lipinski definition) is 2. The highest BCUT2D eigenvalue weighted by molar-refractivity contribution is 6.35. The fourth-order valence-electron chi connectivity index (χ4n) is 2.33. The number of halogens is 3. The highest BCUT2D eigenvalue weighted by Crippen LogP contribution is 2.25. The van der Waals surface area contributed by atoms with Crippen LogP contribution in [0, 0.1) is 0 Å². The highest BCUT2D eigenvalue weighted by Gasteiger charge is 2.28. The van der Waals surface area contributed by atoms with E-state index in [2.05, 4.69) is 0 Å². The Morgan fingerprint density at radius 1 is 1.37 bits per heavy atom. The molecular formula is C13H16Cl3NO2.